The summed E-state index contributed by atoms with van der Waals surface area (Å²) in [5.74, 6) is 1.20. The number of thioether (sulfide) groups is 1. The van der Waals surface area contributed by atoms with E-state index in [1.165, 1.54) is 4.90 Å². The number of hydrogen-bond donors (Lipinski definition) is 1. The number of hydrogen-bond acceptors (Lipinski definition) is 4. The molecule has 0 saturated heterocycles. The Kier molecular flexibility index (Phi) is 6.42. The number of para-hydroxylation sites is 1. The van der Waals surface area contributed by atoms with Gasteiger partial charge < -0.3 is 24.3 Å². The Bertz CT molecular complexity index is 1350. The van der Waals surface area contributed by atoms with E-state index in [9.17, 15) is 4.79 Å². The molecule has 5 rings (SSSR count). The number of aromatic nitrogens is 1. The van der Waals surface area contributed by atoms with Crippen molar-refractivity contribution in [2.45, 2.75) is 17.5 Å². The third kappa shape index (κ3) is 4.35. The normalized spacial score (nSPS) is 14.5. The van der Waals surface area contributed by atoms with E-state index in [0.29, 0.717) is 23.7 Å². The van der Waals surface area contributed by atoms with Gasteiger partial charge in [0.25, 0.3) is 0 Å². The lowest BCUT2D eigenvalue weighted by molar-refractivity contribution is 0.194. The third-order valence-corrected chi connectivity index (χ3v) is 7.05. The lowest BCUT2D eigenvalue weighted by atomic mass is 10.0. The highest BCUT2D eigenvalue weighted by Crippen LogP contribution is 2.38. The largest absolute Gasteiger partial charge is 0.497 e. The number of benzene rings is 3. The molecule has 1 unspecified atom stereocenters. The van der Waals surface area contributed by atoms with Crippen molar-refractivity contribution in [3.8, 4) is 17.2 Å². The fourth-order valence-electron chi connectivity index (χ4n) is 4.57. The third-order valence-electron chi connectivity index (χ3n) is 6.31. The molecule has 3 aromatic carbocycles. The van der Waals surface area contributed by atoms with Crippen molar-refractivity contribution in [1.29, 1.82) is 0 Å². The first kappa shape index (κ1) is 22.9. The van der Waals surface area contributed by atoms with Crippen LogP contribution in [0.25, 0.3) is 5.69 Å². The van der Waals surface area contributed by atoms with Crippen molar-refractivity contribution < 1.29 is 14.3 Å². The first-order chi connectivity index (χ1) is 17.1. The van der Waals surface area contributed by atoms with Gasteiger partial charge in [-0.05, 0) is 59.8 Å². The Morgan fingerprint density at radius 1 is 0.971 bits per heavy atom. The summed E-state index contributed by atoms with van der Waals surface area (Å²) in [6.07, 6.45) is 4.12. The van der Waals surface area contributed by atoms with Gasteiger partial charge >= 0.3 is 6.03 Å². The number of nitrogens with zero attached hydrogens (tertiary/aromatic N) is 2. The smallest absolute Gasteiger partial charge is 0.323 e. The van der Waals surface area contributed by atoms with E-state index < -0.39 is 0 Å². The van der Waals surface area contributed by atoms with Crippen molar-refractivity contribution in [2.24, 2.45) is 0 Å². The molecule has 1 aliphatic rings. The van der Waals surface area contributed by atoms with E-state index in [4.69, 9.17) is 9.47 Å². The molecule has 0 aliphatic carbocycles. The summed E-state index contributed by atoms with van der Waals surface area (Å²) in [7, 11) is 3.18. The number of fused-ring (bicyclic) bond motifs is 3. The molecular formula is C28H27N3O3S. The predicted molar refractivity (Wildman–Crippen MR) is 140 cm³/mol. The molecule has 7 heteroatoms. The molecule has 0 spiro atoms. The van der Waals surface area contributed by atoms with Crippen LogP contribution in [-0.2, 0) is 6.54 Å². The van der Waals surface area contributed by atoms with Gasteiger partial charge in [-0.25, -0.2) is 4.79 Å². The fourth-order valence-corrected chi connectivity index (χ4v) is 4.97. The van der Waals surface area contributed by atoms with E-state index >= 15 is 0 Å². The Balaban J connectivity index is 1.60. The molecule has 35 heavy (non-hydrogen) atoms. The standard InChI is InChI=1S/C28H27N3O3S/c1-33-21-12-15-23(26(17-21)34-2)29-28(32)31-18-20-7-4-5-8-24(20)30-16-6-9-25(30)27(31)19-10-13-22(35-3)14-11-19/h4-17,27H,18H2,1-3H3,(H,29,32). The average molecular weight is 486 g/mol. The highest BCUT2D eigenvalue weighted by Gasteiger charge is 2.33. The number of urea groups is 1. The van der Waals surface area contributed by atoms with E-state index in [1.54, 1.807) is 44.2 Å². The first-order valence-electron chi connectivity index (χ1n) is 11.3. The van der Waals surface area contributed by atoms with E-state index in [2.05, 4.69) is 64.8 Å². The molecule has 2 amide bonds. The second-order valence-electron chi connectivity index (χ2n) is 8.23. The lowest BCUT2D eigenvalue weighted by Gasteiger charge is -2.31. The van der Waals surface area contributed by atoms with Crippen LogP contribution >= 0.6 is 11.8 Å². The Morgan fingerprint density at radius 3 is 2.51 bits per heavy atom. The maximum Gasteiger partial charge on any atom is 0.323 e. The van der Waals surface area contributed by atoms with Gasteiger partial charge in [0, 0.05) is 22.9 Å². The molecule has 0 saturated carbocycles. The molecule has 178 valence electrons. The molecule has 1 N–H and O–H groups in total. The molecule has 0 radical (unpaired) electrons. The van der Waals surface area contributed by atoms with Gasteiger partial charge in [-0.15, -0.1) is 11.8 Å². The van der Waals surface area contributed by atoms with Crippen LogP contribution in [0, 0.1) is 0 Å². The quantitative estimate of drug-likeness (QED) is 0.335. The minimum atomic E-state index is -0.280. The summed E-state index contributed by atoms with van der Waals surface area (Å²) < 4.78 is 13.0. The predicted octanol–water partition coefficient (Wildman–Crippen LogP) is 6.35. The zero-order valence-corrected chi connectivity index (χ0v) is 20.7. The minimum absolute atomic E-state index is 0.211. The summed E-state index contributed by atoms with van der Waals surface area (Å²) in [5, 5.41) is 3.08. The van der Waals surface area contributed by atoms with Crippen molar-refractivity contribution in [1.82, 2.24) is 9.47 Å². The van der Waals surface area contributed by atoms with E-state index in [0.717, 1.165) is 22.5 Å². The number of rotatable bonds is 5. The molecule has 1 aromatic heterocycles. The van der Waals surface area contributed by atoms with Crippen molar-refractivity contribution in [2.75, 3.05) is 25.8 Å². The fraction of sp³-hybridized carbons (Fsp3) is 0.179. The van der Waals surface area contributed by atoms with Gasteiger partial charge in [-0.1, -0.05) is 30.3 Å². The number of nitrogens with one attached hydrogen (secondary N) is 1. The van der Waals surface area contributed by atoms with Crippen LogP contribution in [0.4, 0.5) is 10.5 Å². The molecule has 4 aromatic rings. The maximum atomic E-state index is 13.9. The summed E-state index contributed by atoms with van der Waals surface area (Å²) in [6, 6.07) is 25.6. The van der Waals surface area contributed by atoms with Gasteiger partial charge in [0.1, 0.15) is 11.5 Å². The summed E-state index contributed by atoms with van der Waals surface area (Å²) in [5.41, 5.74) is 4.82. The van der Waals surface area contributed by atoms with Crippen molar-refractivity contribution in [3.05, 3.63) is 102 Å². The van der Waals surface area contributed by atoms with Crippen LogP contribution in [0.5, 0.6) is 11.5 Å². The number of anilines is 1. The number of amides is 2. The zero-order valence-electron chi connectivity index (χ0n) is 19.9. The Hall–Kier alpha value is -3.84. The molecule has 0 fully saturated rings. The molecule has 1 atom stereocenters. The molecule has 1 aliphatic heterocycles. The lowest BCUT2D eigenvalue weighted by Crippen LogP contribution is -2.38. The average Bonchev–Trinajstić information content (AvgIpc) is 3.33. The van der Waals surface area contributed by atoms with E-state index in [1.807, 2.05) is 23.1 Å². The van der Waals surface area contributed by atoms with Gasteiger partial charge in [-0.2, -0.15) is 0 Å². The first-order valence-corrected chi connectivity index (χ1v) is 12.5. The second-order valence-corrected chi connectivity index (χ2v) is 9.11. The number of ether oxygens (including phenoxy) is 2. The van der Waals surface area contributed by atoms with Gasteiger partial charge in [-0.3, -0.25) is 0 Å². The van der Waals surface area contributed by atoms with E-state index in [-0.39, 0.29) is 12.1 Å². The van der Waals surface area contributed by atoms with Gasteiger partial charge in [0.15, 0.2) is 0 Å². The summed E-state index contributed by atoms with van der Waals surface area (Å²) >= 11 is 1.70. The van der Waals surface area contributed by atoms with Crippen LogP contribution in [0.15, 0.2) is 90.0 Å². The SMILES string of the molecule is COc1ccc(NC(=O)N2Cc3ccccc3-n3cccc3C2c2ccc(SC)cc2)c(OC)c1. The van der Waals surface area contributed by atoms with Crippen molar-refractivity contribution >= 4 is 23.5 Å². The number of carbonyl (C=O) groups excluding carboxylic acids is 1. The number of carbonyl (C=O) groups is 1. The molecule has 6 nitrogen and oxygen atoms in total. The van der Waals surface area contributed by atoms with Crippen LogP contribution in [0.1, 0.15) is 22.9 Å². The minimum Gasteiger partial charge on any atom is -0.497 e. The maximum absolute atomic E-state index is 13.9. The van der Waals surface area contributed by atoms with Gasteiger partial charge in [0.2, 0.25) is 0 Å². The molecular weight excluding hydrogens is 458 g/mol. The monoisotopic (exact) mass is 485 g/mol. The second kappa shape index (κ2) is 9.80. The number of methoxy groups -OCH3 is 2. The Morgan fingerprint density at radius 2 is 1.77 bits per heavy atom. The summed E-state index contributed by atoms with van der Waals surface area (Å²) in [6.45, 7) is 0.455. The topological polar surface area (TPSA) is 55.7 Å². The Labute approximate surface area is 209 Å². The molecule has 2 heterocycles. The van der Waals surface area contributed by atoms with Crippen LogP contribution < -0.4 is 14.8 Å². The van der Waals surface area contributed by atoms with Crippen LogP contribution in [0.3, 0.4) is 0 Å². The molecule has 0 bridgehead atoms. The van der Waals surface area contributed by atoms with Crippen LogP contribution in [0.2, 0.25) is 0 Å². The highest BCUT2D eigenvalue weighted by atomic mass is 32.2. The zero-order chi connectivity index (χ0) is 24.4. The highest BCUT2D eigenvalue weighted by molar-refractivity contribution is 7.98. The van der Waals surface area contributed by atoms with Crippen LogP contribution in [-0.4, -0.2) is 36.0 Å². The van der Waals surface area contributed by atoms with Gasteiger partial charge in [0.05, 0.1) is 38.2 Å². The summed E-state index contributed by atoms with van der Waals surface area (Å²) in [4.78, 5) is 17.0. The van der Waals surface area contributed by atoms with Crippen molar-refractivity contribution in [3.63, 3.8) is 0 Å².